The number of benzene rings is 1. The molecule has 0 radical (unpaired) electrons. The van der Waals surface area contributed by atoms with Gasteiger partial charge in [0.15, 0.2) is 18.7 Å². The van der Waals surface area contributed by atoms with Gasteiger partial charge in [0.25, 0.3) is 0 Å². The molecule has 2 N–H and O–H groups in total. The van der Waals surface area contributed by atoms with Crippen molar-refractivity contribution < 1.29 is 34.1 Å². The van der Waals surface area contributed by atoms with Crippen LogP contribution in [-0.4, -0.2) is 46.6 Å². The number of phenolic OH excluding ortho intramolecular Hbond substituents is 1. The van der Waals surface area contributed by atoms with Gasteiger partial charge in [-0.1, -0.05) is 29.3 Å². The molecular formula is C25H31ClO7. The molecule has 0 unspecified atom stereocenters. The number of carboxylic acids is 1. The van der Waals surface area contributed by atoms with Crippen molar-refractivity contribution in [3.05, 3.63) is 45.0 Å². The van der Waals surface area contributed by atoms with Gasteiger partial charge in [0, 0.05) is 12.0 Å². The zero-order chi connectivity index (χ0) is 24.9. The van der Waals surface area contributed by atoms with Gasteiger partial charge in [-0.05, 0) is 65.0 Å². The maximum absolute atomic E-state index is 12.0. The van der Waals surface area contributed by atoms with Crippen molar-refractivity contribution in [3.8, 4) is 11.5 Å². The van der Waals surface area contributed by atoms with E-state index in [9.17, 15) is 19.5 Å². The van der Waals surface area contributed by atoms with Crippen molar-refractivity contribution in [2.24, 2.45) is 0 Å². The predicted octanol–water partition coefficient (Wildman–Crippen LogP) is 4.98. The number of hydrogen-bond donors (Lipinski definition) is 2. The molecule has 1 saturated heterocycles. The van der Waals surface area contributed by atoms with Crippen LogP contribution < -0.4 is 4.74 Å². The van der Waals surface area contributed by atoms with Crippen LogP contribution in [0.2, 0.25) is 5.02 Å². The lowest BCUT2D eigenvalue weighted by Crippen LogP contribution is -2.27. The molecule has 0 aromatic heterocycles. The molecule has 0 spiro atoms. The molecule has 2 rings (SSSR count). The Morgan fingerprint density at radius 3 is 2.52 bits per heavy atom. The van der Waals surface area contributed by atoms with E-state index in [1.165, 1.54) is 0 Å². The van der Waals surface area contributed by atoms with Gasteiger partial charge in [0.05, 0.1) is 16.7 Å². The second-order valence-electron chi connectivity index (χ2n) is 8.79. The molecule has 1 fully saturated rings. The lowest BCUT2D eigenvalue weighted by molar-refractivity contribution is -0.139. The molecule has 1 aliphatic rings. The Hall–Kier alpha value is -2.64. The zero-order valence-corrected chi connectivity index (χ0v) is 20.4. The molecule has 8 heteroatoms. The second-order valence-corrected chi connectivity index (χ2v) is 9.17. The number of Topliss-reactive ketones (excluding diaryl/α,β-unsaturated/α-hetero) is 1. The molecule has 0 saturated carbocycles. The Morgan fingerprint density at radius 2 is 1.97 bits per heavy atom. The Labute approximate surface area is 199 Å². The average Bonchev–Trinajstić information content (AvgIpc) is 3.01. The van der Waals surface area contributed by atoms with Gasteiger partial charge in [-0.3, -0.25) is 9.59 Å². The summed E-state index contributed by atoms with van der Waals surface area (Å²) in [6.45, 7) is 8.40. The monoisotopic (exact) mass is 478 g/mol. The fourth-order valence-corrected chi connectivity index (χ4v) is 3.93. The van der Waals surface area contributed by atoms with Crippen molar-refractivity contribution in [1.82, 2.24) is 0 Å². The number of halogens is 1. The van der Waals surface area contributed by atoms with E-state index >= 15 is 0 Å². The maximum Gasteiger partial charge on any atom is 0.341 e. The van der Waals surface area contributed by atoms with E-state index < -0.39 is 18.2 Å². The van der Waals surface area contributed by atoms with E-state index in [4.69, 9.17) is 26.2 Å². The van der Waals surface area contributed by atoms with Gasteiger partial charge in [-0.25, -0.2) is 4.79 Å². The van der Waals surface area contributed by atoms with Gasteiger partial charge in [0.1, 0.15) is 17.1 Å². The third-order valence-corrected chi connectivity index (χ3v) is 6.31. The topological polar surface area (TPSA) is 110 Å². The third-order valence-electron chi connectivity index (χ3n) is 5.85. The first-order valence-corrected chi connectivity index (χ1v) is 11.1. The van der Waals surface area contributed by atoms with Crippen molar-refractivity contribution in [2.75, 3.05) is 6.61 Å². The minimum Gasteiger partial charge on any atom is -0.507 e. The summed E-state index contributed by atoms with van der Waals surface area (Å²) in [6.07, 6.45) is 6.33. The summed E-state index contributed by atoms with van der Waals surface area (Å²) in [7, 11) is 0. The average molecular weight is 479 g/mol. The van der Waals surface area contributed by atoms with Gasteiger partial charge in [-0.15, -0.1) is 0 Å². The molecular weight excluding hydrogens is 448 g/mol. The summed E-state index contributed by atoms with van der Waals surface area (Å²) >= 11 is 6.31. The van der Waals surface area contributed by atoms with E-state index in [2.05, 4.69) is 6.08 Å². The number of ether oxygens (including phenoxy) is 2. The smallest absolute Gasteiger partial charge is 0.341 e. The van der Waals surface area contributed by atoms with Crippen molar-refractivity contribution in [3.63, 3.8) is 0 Å². The van der Waals surface area contributed by atoms with E-state index in [-0.39, 0.29) is 46.0 Å². The minimum atomic E-state index is -1.18. The fraction of sp³-hybridized carbons (Fsp3) is 0.480. The molecule has 180 valence electrons. The van der Waals surface area contributed by atoms with Crippen LogP contribution in [0, 0.1) is 6.92 Å². The van der Waals surface area contributed by atoms with Crippen LogP contribution in [0.4, 0.5) is 0 Å². The highest BCUT2D eigenvalue weighted by molar-refractivity contribution is 6.33. The van der Waals surface area contributed by atoms with Crippen LogP contribution in [0.15, 0.2) is 23.3 Å². The van der Waals surface area contributed by atoms with E-state index in [0.717, 1.165) is 24.0 Å². The molecule has 7 nitrogen and oxygen atoms in total. The normalized spacial score (nSPS) is 18.5. The summed E-state index contributed by atoms with van der Waals surface area (Å²) in [6, 6.07) is 0. The molecule has 1 aromatic carbocycles. The van der Waals surface area contributed by atoms with Gasteiger partial charge in [0.2, 0.25) is 0 Å². The molecule has 0 bridgehead atoms. The molecule has 1 heterocycles. The van der Waals surface area contributed by atoms with Crippen LogP contribution >= 0.6 is 11.6 Å². The lowest BCUT2D eigenvalue weighted by atomic mass is 9.98. The van der Waals surface area contributed by atoms with Crippen LogP contribution in [0.3, 0.4) is 0 Å². The summed E-state index contributed by atoms with van der Waals surface area (Å²) in [5.41, 5.74) is 1.94. The Balaban J connectivity index is 2.14. The third kappa shape index (κ3) is 6.45. The Morgan fingerprint density at radius 1 is 1.30 bits per heavy atom. The number of aromatic hydroxyl groups is 1. The van der Waals surface area contributed by atoms with E-state index in [0.29, 0.717) is 18.3 Å². The standard InChI is InChI=1S/C25H31ClO7/c1-14(7-6-8-15(2)19-11-20(28)25(4,5)33-19)9-10-17-23(31)18(12-27)16(3)22(26)24(17)32-13-21(29)30/h8-9,12,19,31H,6-7,10-11,13H2,1-5H3,(H,29,30)/b14-9+,15-8+/t19-/m0/s1. The minimum absolute atomic E-state index is 0.0521. The van der Waals surface area contributed by atoms with Crippen molar-refractivity contribution in [1.29, 1.82) is 0 Å². The number of rotatable bonds is 10. The number of aldehydes is 1. The fourth-order valence-electron chi connectivity index (χ4n) is 3.66. The van der Waals surface area contributed by atoms with E-state index in [1.807, 2.05) is 19.9 Å². The molecule has 0 amide bonds. The number of carbonyl (C=O) groups is 3. The summed E-state index contributed by atoms with van der Waals surface area (Å²) < 4.78 is 11.2. The predicted molar refractivity (Wildman–Crippen MR) is 125 cm³/mol. The van der Waals surface area contributed by atoms with E-state index in [1.54, 1.807) is 20.8 Å². The van der Waals surface area contributed by atoms with Gasteiger partial charge >= 0.3 is 5.97 Å². The first-order chi connectivity index (χ1) is 15.4. The SMILES string of the molecule is C/C(=C\Cc1c(O)c(C=O)c(C)c(Cl)c1OCC(=O)O)CC/C=C(\C)[C@@H]1CC(=O)C(C)(C)O1. The first kappa shape index (κ1) is 26.6. The van der Waals surface area contributed by atoms with Gasteiger partial charge < -0.3 is 19.7 Å². The number of carboxylic acid groups (broad SMARTS) is 1. The quantitative estimate of drug-likeness (QED) is 0.360. The zero-order valence-electron chi connectivity index (χ0n) is 19.7. The van der Waals surface area contributed by atoms with Crippen molar-refractivity contribution in [2.45, 2.75) is 72.0 Å². The highest BCUT2D eigenvalue weighted by Crippen LogP contribution is 2.41. The molecule has 0 aliphatic carbocycles. The number of carbonyl (C=O) groups excluding carboxylic acids is 2. The molecule has 1 aromatic rings. The highest BCUT2D eigenvalue weighted by atomic mass is 35.5. The Kier molecular flexibility index (Phi) is 8.86. The molecule has 1 aliphatic heterocycles. The van der Waals surface area contributed by atoms with Crippen LogP contribution in [-0.2, 0) is 20.7 Å². The Bertz CT molecular complexity index is 1000. The number of hydrogen-bond acceptors (Lipinski definition) is 6. The number of phenols is 1. The van der Waals surface area contributed by atoms with Crippen molar-refractivity contribution >= 4 is 29.6 Å². The number of allylic oxidation sites excluding steroid dienone is 3. The maximum atomic E-state index is 12.0. The summed E-state index contributed by atoms with van der Waals surface area (Å²) in [5, 5.41) is 19.6. The highest BCUT2D eigenvalue weighted by Gasteiger charge is 2.40. The first-order valence-electron chi connectivity index (χ1n) is 10.8. The largest absolute Gasteiger partial charge is 0.507 e. The molecule has 33 heavy (non-hydrogen) atoms. The molecule has 1 atom stereocenters. The van der Waals surface area contributed by atoms with Crippen LogP contribution in [0.25, 0.3) is 0 Å². The second kappa shape index (κ2) is 11.0. The number of ketones is 1. The summed E-state index contributed by atoms with van der Waals surface area (Å²) in [5.74, 6) is -1.29. The lowest BCUT2D eigenvalue weighted by Gasteiger charge is -2.18. The number of aliphatic carboxylic acids is 1. The van der Waals surface area contributed by atoms with Gasteiger partial charge in [-0.2, -0.15) is 0 Å². The summed E-state index contributed by atoms with van der Waals surface area (Å²) in [4.78, 5) is 34.4. The van der Waals surface area contributed by atoms with Crippen LogP contribution in [0.5, 0.6) is 11.5 Å². The van der Waals surface area contributed by atoms with Crippen LogP contribution in [0.1, 0.15) is 68.4 Å².